The van der Waals surface area contributed by atoms with Crippen molar-refractivity contribution in [2.75, 3.05) is 20.8 Å². The number of hydrogen-bond acceptors (Lipinski definition) is 6. The second-order valence-corrected chi connectivity index (χ2v) is 3.21. The molecule has 0 aromatic carbocycles. The molecule has 4 N–H and O–H groups in total. The fourth-order valence-corrected chi connectivity index (χ4v) is 1.65. The van der Waals surface area contributed by atoms with Crippen LogP contribution < -0.4 is 5.73 Å². The van der Waals surface area contributed by atoms with Crippen LogP contribution >= 0.6 is 0 Å². The smallest absolute Gasteiger partial charge is 0.135 e. The highest BCUT2D eigenvalue weighted by Crippen LogP contribution is 2.22. The van der Waals surface area contributed by atoms with E-state index in [0.717, 1.165) is 0 Å². The summed E-state index contributed by atoms with van der Waals surface area (Å²) in [5, 5.41) is 18.6. The van der Waals surface area contributed by atoms with Gasteiger partial charge in [-0.05, 0) is 0 Å². The number of aliphatic hydroxyl groups excluding tert-OH is 2. The Morgan fingerprint density at radius 1 is 1.29 bits per heavy atom. The van der Waals surface area contributed by atoms with E-state index in [1.54, 1.807) is 0 Å². The second-order valence-electron chi connectivity index (χ2n) is 3.21. The van der Waals surface area contributed by atoms with Crippen LogP contribution in [-0.4, -0.2) is 61.7 Å². The van der Waals surface area contributed by atoms with Crippen molar-refractivity contribution >= 4 is 0 Å². The van der Waals surface area contributed by atoms with Crippen LogP contribution in [0.1, 0.15) is 0 Å². The van der Waals surface area contributed by atoms with Gasteiger partial charge in [0.1, 0.15) is 30.6 Å². The predicted molar refractivity (Wildman–Crippen MR) is 47.5 cm³/mol. The van der Waals surface area contributed by atoms with E-state index >= 15 is 0 Å². The lowest BCUT2D eigenvalue weighted by Crippen LogP contribution is -2.62. The maximum atomic E-state index is 9.70. The van der Waals surface area contributed by atoms with Gasteiger partial charge in [0.05, 0.1) is 6.61 Å². The zero-order valence-corrected chi connectivity index (χ0v) is 8.29. The Morgan fingerprint density at radius 2 is 1.86 bits per heavy atom. The topological polar surface area (TPSA) is 94.2 Å². The Morgan fingerprint density at radius 3 is 2.29 bits per heavy atom. The molecule has 1 aliphatic heterocycles. The predicted octanol–water partition coefficient (Wildman–Crippen LogP) is -1.95. The maximum Gasteiger partial charge on any atom is 0.135 e. The van der Waals surface area contributed by atoms with E-state index < -0.39 is 30.6 Å². The minimum Gasteiger partial charge on any atom is -0.394 e. The van der Waals surface area contributed by atoms with Crippen LogP contribution in [-0.2, 0) is 14.2 Å². The van der Waals surface area contributed by atoms with Gasteiger partial charge < -0.3 is 30.2 Å². The standard InChI is InChI=1S/C8H17NO5/c1-12-6-5(11)4(3-10)14-8(9)7(6)13-2/h4-8,10-11H,3,9H2,1-2H3. The zero-order chi connectivity index (χ0) is 10.7. The van der Waals surface area contributed by atoms with Gasteiger partial charge in [-0.1, -0.05) is 0 Å². The molecule has 5 atom stereocenters. The van der Waals surface area contributed by atoms with Crippen LogP contribution in [0.25, 0.3) is 0 Å². The molecule has 0 saturated carbocycles. The van der Waals surface area contributed by atoms with Gasteiger partial charge in [0, 0.05) is 14.2 Å². The summed E-state index contributed by atoms with van der Waals surface area (Å²) in [5.41, 5.74) is 5.63. The van der Waals surface area contributed by atoms with Gasteiger partial charge in [-0.15, -0.1) is 0 Å². The molecule has 0 aliphatic carbocycles. The summed E-state index contributed by atoms with van der Waals surface area (Å²) >= 11 is 0. The highest BCUT2D eigenvalue weighted by Gasteiger charge is 2.44. The fourth-order valence-electron chi connectivity index (χ4n) is 1.65. The molecule has 0 bridgehead atoms. The molecule has 1 saturated heterocycles. The lowest BCUT2D eigenvalue weighted by molar-refractivity contribution is -0.240. The molecule has 84 valence electrons. The van der Waals surface area contributed by atoms with Gasteiger partial charge in [0.15, 0.2) is 0 Å². The molecule has 5 unspecified atom stereocenters. The van der Waals surface area contributed by atoms with Crippen LogP contribution in [0.3, 0.4) is 0 Å². The third-order valence-electron chi connectivity index (χ3n) is 2.42. The summed E-state index contributed by atoms with van der Waals surface area (Å²) in [4.78, 5) is 0. The third kappa shape index (κ3) is 2.05. The average Bonchev–Trinajstić information content (AvgIpc) is 2.20. The van der Waals surface area contributed by atoms with Gasteiger partial charge in [0.2, 0.25) is 0 Å². The van der Waals surface area contributed by atoms with E-state index in [-0.39, 0.29) is 6.61 Å². The summed E-state index contributed by atoms with van der Waals surface area (Å²) in [6.07, 6.45) is -3.47. The van der Waals surface area contributed by atoms with Crippen molar-refractivity contribution in [2.45, 2.75) is 30.6 Å². The monoisotopic (exact) mass is 207 g/mol. The molecule has 1 rings (SSSR count). The first-order chi connectivity index (χ1) is 6.65. The molecule has 1 aliphatic rings. The molecule has 6 heteroatoms. The molecule has 0 radical (unpaired) electrons. The number of ether oxygens (including phenoxy) is 3. The summed E-state index contributed by atoms with van der Waals surface area (Å²) in [5.74, 6) is 0. The molecule has 0 aromatic rings. The molecule has 0 amide bonds. The summed E-state index contributed by atoms with van der Waals surface area (Å²) < 4.78 is 15.3. The minimum atomic E-state index is -0.935. The zero-order valence-electron chi connectivity index (χ0n) is 8.29. The molecule has 6 nitrogen and oxygen atoms in total. The van der Waals surface area contributed by atoms with E-state index in [1.165, 1.54) is 14.2 Å². The first kappa shape index (κ1) is 11.8. The van der Waals surface area contributed by atoms with Crippen LogP contribution in [0, 0.1) is 0 Å². The number of methoxy groups -OCH3 is 2. The average molecular weight is 207 g/mol. The van der Waals surface area contributed by atoms with Crippen LogP contribution in [0.2, 0.25) is 0 Å². The van der Waals surface area contributed by atoms with Crippen molar-refractivity contribution in [3.05, 3.63) is 0 Å². The van der Waals surface area contributed by atoms with Crippen molar-refractivity contribution < 1.29 is 24.4 Å². The SMILES string of the molecule is COC1C(N)OC(CO)C(O)C1OC. The highest BCUT2D eigenvalue weighted by molar-refractivity contribution is 4.91. The van der Waals surface area contributed by atoms with E-state index in [9.17, 15) is 5.11 Å². The van der Waals surface area contributed by atoms with Crippen molar-refractivity contribution in [1.29, 1.82) is 0 Å². The molecular formula is C8H17NO5. The molecule has 0 aromatic heterocycles. The number of rotatable bonds is 3. The van der Waals surface area contributed by atoms with Crippen molar-refractivity contribution in [1.82, 2.24) is 0 Å². The van der Waals surface area contributed by atoms with E-state index in [2.05, 4.69) is 0 Å². The van der Waals surface area contributed by atoms with E-state index in [0.29, 0.717) is 0 Å². The number of hydrogen-bond donors (Lipinski definition) is 3. The van der Waals surface area contributed by atoms with Crippen LogP contribution in [0.15, 0.2) is 0 Å². The first-order valence-electron chi connectivity index (χ1n) is 4.41. The first-order valence-corrected chi connectivity index (χ1v) is 4.41. The van der Waals surface area contributed by atoms with Crippen LogP contribution in [0.5, 0.6) is 0 Å². The Kier molecular flexibility index (Phi) is 4.24. The van der Waals surface area contributed by atoms with Crippen molar-refractivity contribution in [2.24, 2.45) is 5.73 Å². The Labute approximate surface area is 82.6 Å². The second kappa shape index (κ2) is 5.01. The lowest BCUT2D eigenvalue weighted by Gasteiger charge is -2.41. The van der Waals surface area contributed by atoms with Crippen molar-refractivity contribution in [3.63, 3.8) is 0 Å². The van der Waals surface area contributed by atoms with Gasteiger partial charge >= 0.3 is 0 Å². The van der Waals surface area contributed by atoms with Gasteiger partial charge in [-0.2, -0.15) is 0 Å². The van der Waals surface area contributed by atoms with Crippen molar-refractivity contribution in [3.8, 4) is 0 Å². The maximum absolute atomic E-state index is 9.70. The quantitative estimate of drug-likeness (QED) is 0.498. The van der Waals surface area contributed by atoms with Gasteiger partial charge in [0.25, 0.3) is 0 Å². The number of nitrogens with two attached hydrogens (primary N) is 1. The Bertz CT molecular complexity index is 179. The minimum absolute atomic E-state index is 0.300. The molecule has 14 heavy (non-hydrogen) atoms. The molecular weight excluding hydrogens is 190 g/mol. The molecule has 1 heterocycles. The fraction of sp³-hybridized carbons (Fsp3) is 1.00. The molecule has 0 spiro atoms. The summed E-state index contributed by atoms with van der Waals surface area (Å²) in [7, 11) is 2.91. The largest absolute Gasteiger partial charge is 0.394 e. The van der Waals surface area contributed by atoms with E-state index in [4.69, 9.17) is 25.1 Å². The Hall–Kier alpha value is -0.240. The lowest BCUT2D eigenvalue weighted by atomic mass is 9.98. The number of aliphatic hydroxyl groups is 2. The third-order valence-corrected chi connectivity index (χ3v) is 2.42. The summed E-state index contributed by atoms with van der Waals surface area (Å²) in [6.45, 7) is -0.300. The molecule has 1 fully saturated rings. The highest BCUT2D eigenvalue weighted by atomic mass is 16.6. The summed E-state index contributed by atoms with van der Waals surface area (Å²) in [6, 6.07) is 0. The Balaban J connectivity index is 2.73. The normalized spacial score (nSPS) is 43.9. The van der Waals surface area contributed by atoms with Gasteiger partial charge in [-0.3, -0.25) is 0 Å². The van der Waals surface area contributed by atoms with Gasteiger partial charge in [-0.25, -0.2) is 0 Å². The van der Waals surface area contributed by atoms with E-state index in [1.807, 2.05) is 0 Å². The van der Waals surface area contributed by atoms with Crippen LogP contribution in [0.4, 0.5) is 0 Å².